The molecule has 0 aromatic rings. The fourth-order valence-corrected chi connectivity index (χ4v) is 2.43. The third-order valence-electron chi connectivity index (χ3n) is 3.65. The summed E-state index contributed by atoms with van der Waals surface area (Å²) in [6.45, 7) is 0.305. The number of carbonyl (C=O) groups is 5. The molecule has 0 fully saturated rings. The van der Waals surface area contributed by atoms with Gasteiger partial charge in [0.15, 0.2) is 1.41 Å². The Kier molecular flexibility index (Phi) is 15.5. The van der Waals surface area contributed by atoms with Crippen LogP contribution in [0.5, 0.6) is 0 Å². The van der Waals surface area contributed by atoms with E-state index < -0.39 is 76.6 Å². The Balaban J connectivity index is 0. The van der Waals surface area contributed by atoms with Crippen LogP contribution in [0.3, 0.4) is 0 Å². The Bertz CT molecular complexity index is 818. The fourth-order valence-electron chi connectivity index (χ4n) is 1.92. The summed E-state index contributed by atoms with van der Waals surface area (Å²) in [5.41, 5.74) is 10.7. The maximum Gasteiger partial charge on any atom is 1.00 e. The van der Waals surface area contributed by atoms with Gasteiger partial charge in [-0.2, -0.15) is 12.6 Å². The molecule has 178 valence electrons. The van der Waals surface area contributed by atoms with Gasteiger partial charge in [-0.3, -0.25) is 24.0 Å². The molecule has 0 aliphatic rings. The molecule has 0 aliphatic heterocycles. The zero-order valence-electron chi connectivity index (χ0n) is 18.7. The molecule has 0 heterocycles. The summed E-state index contributed by atoms with van der Waals surface area (Å²) in [7, 11) is -4.48. The number of primary amides is 1. The van der Waals surface area contributed by atoms with Crippen molar-refractivity contribution >= 4 is 52.3 Å². The first-order valence-electron chi connectivity index (χ1n) is 9.39. The van der Waals surface area contributed by atoms with E-state index in [4.69, 9.17) is 12.9 Å². The molecule has 0 radical (unpaired) electrons. The Hall–Kier alpha value is -1.43. The molecule has 0 aromatic heterocycles. The molecule has 5 amide bonds. The Morgan fingerprint density at radius 2 is 1.72 bits per heavy atom. The average molecular weight is 508 g/mol. The van der Waals surface area contributed by atoms with Crippen molar-refractivity contribution in [3.05, 3.63) is 0 Å². The van der Waals surface area contributed by atoms with Gasteiger partial charge in [0.25, 0.3) is 0 Å². The Morgan fingerprint density at radius 1 is 1.12 bits per heavy atom. The van der Waals surface area contributed by atoms with E-state index in [-0.39, 0.29) is 48.2 Å². The SMILES string of the molecule is [2H]N(C(=O)[C@@H](N)CS)[C@@H](C)C(=O)N[C@@H](CCC(=O)NCC(=O)NCCS(=O)(=O)[O-])C(N)=O.[Na+]. The smallest absolute Gasteiger partial charge is 0.748 e. The van der Waals surface area contributed by atoms with E-state index in [0.717, 1.165) is 0 Å². The van der Waals surface area contributed by atoms with Crippen molar-refractivity contribution in [3.8, 4) is 0 Å². The summed E-state index contributed by atoms with van der Waals surface area (Å²) < 4.78 is 39.0. The van der Waals surface area contributed by atoms with Gasteiger partial charge in [-0.05, 0) is 13.3 Å². The standard InChI is InChI=1S/C15H28N6O8S2.Na/c1-8(20-15(26)9(16)7-30)14(25)21-10(13(17)24)2-3-11(22)19-6-12(23)18-4-5-31(27,28)29;/h8-10,30H,2-7,16H2,1H3,(H2,17,24)(H,18,23)(H,19,22)(H,20,26)(H,21,25)(H,27,28,29);/q;+1/p-1/t8-,9-,10-;/m0./s1/i/hD. The van der Waals surface area contributed by atoms with Crippen molar-refractivity contribution in [1.29, 1.82) is 0 Å². The zero-order valence-corrected chi connectivity index (χ0v) is 21.4. The third kappa shape index (κ3) is 15.4. The van der Waals surface area contributed by atoms with Gasteiger partial charge in [-0.1, -0.05) is 0 Å². The Morgan fingerprint density at radius 3 is 2.22 bits per heavy atom. The normalized spacial score (nSPS) is 13.9. The summed E-state index contributed by atoms with van der Waals surface area (Å²) in [5.74, 6) is -4.97. The predicted octanol–water partition coefficient (Wildman–Crippen LogP) is -7.72. The van der Waals surface area contributed by atoms with Crippen LogP contribution in [0.1, 0.15) is 19.8 Å². The van der Waals surface area contributed by atoms with Gasteiger partial charge in [0.05, 0.1) is 28.5 Å². The topological polar surface area (TPSA) is 243 Å². The van der Waals surface area contributed by atoms with Crippen LogP contribution < -0.4 is 62.3 Å². The molecule has 0 saturated carbocycles. The average Bonchev–Trinajstić information content (AvgIpc) is 2.71. The van der Waals surface area contributed by atoms with E-state index in [1.165, 1.54) is 6.92 Å². The van der Waals surface area contributed by atoms with Gasteiger partial charge in [-0.15, -0.1) is 0 Å². The number of amides is 5. The summed E-state index contributed by atoms with van der Waals surface area (Å²) in [6, 6.07) is -3.71. The quantitative estimate of drug-likeness (QED) is 0.0669. The summed E-state index contributed by atoms with van der Waals surface area (Å²) in [6.07, 6.45) is -0.559. The van der Waals surface area contributed by atoms with Gasteiger partial charge >= 0.3 is 29.6 Å². The van der Waals surface area contributed by atoms with Crippen LogP contribution in [0, 0.1) is 0 Å². The largest absolute Gasteiger partial charge is 1.00 e. The van der Waals surface area contributed by atoms with Crippen LogP contribution in [0.15, 0.2) is 0 Å². The van der Waals surface area contributed by atoms with E-state index in [1.807, 2.05) is 0 Å². The van der Waals surface area contributed by atoms with Crippen molar-refractivity contribution in [2.45, 2.75) is 37.9 Å². The molecule has 0 saturated heterocycles. The minimum absolute atomic E-state index is 0. The number of thiol groups is 1. The van der Waals surface area contributed by atoms with Crippen molar-refractivity contribution in [3.63, 3.8) is 0 Å². The first kappa shape index (κ1) is 30.6. The number of rotatable bonds is 14. The first-order valence-corrected chi connectivity index (χ1v) is 11.2. The Labute approximate surface area is 214 Å². The molecule has 0 aromatic carbocycles. The van der Waals surface area contributed by atoms with Crippen molar-refractivity contribution < 1.29 is 67.9 Å². The van der Waals surface area contributed by atoms with Crippen molar-refractivity contribution in [2.75, 3.05) is 24.6 Å². The summed E-state index contributed by atoms with van der Waals surface area (Å²) in [4.78, 5) is 59.0. The second-order valence-electron chi connectivity index (χ2n) is 6.32. The van der Waals surface area contributed by atoms with Crippen LogP contribution in [0.25, 0.3) is 0 Å². The molecular formula is C15H27N6NaO8S2. The second-order valence-corrected chi connectivity index (χ2v) is 8.21. The minimum Gasteiger partial charge on any atom is -0.748 e. The molecule has 0 spiro atoms. The predicted molar refractivity (Wildman–Crippen MR) is 110 cm³/mol. The summed E-state index contributed by atoms with van der Waals surface area (Å²) in [5, 5.41) is 6.91. The number of hydrogen-bond donors (Lipinski definition) is 7. The van der Waals surface area contributed by atoms with Gasteiger partial charge in [0, 0.05) is 18.7 Å². The molecule has 8 N–H and O–H groups in total. The monoisotopic (exact) mass is 507 g/mol. The molecule has 32 heavy (non-hydrogen) atoms. The van der Waals surface area contributed by atoms with Crippen LogP contribution in [-0.4, -0.2) is 85.2 Å². The van der Waals surface area contributed by atoms with Crippen LogP contribution >= 0.6 is 12.6 Å². The number of nitrogens with one attached hydrogen (secondary N) is 4. The van der Waals surface area contributed by atoms with Gasteiger partial charge in [0.1, 0.15) is 12.1 Å². The molecule has 0 rings (SSSR count). The van der Waals surface area contributed by atoms with E-state index >= 15 is 0 Å². The van der Waals surface area contributed by atoms with E-state index in [2.05, 4.69) is 28.6 Å². The molecule has 3 atom stereocenters. The van der Waals surface area contributed by atoms with E-state index in [9.17, 15) is 36.9 Å². The molecule has 17 heteroatoms. The molecule has 14 nitrogen and oxygen atoms in total. The molecule has 0 bridgehead atoms. The number of hydrogen-bond acceptors (Lipinski definition) is 10. The molecular weight excluding hydrogens is 479 g/mol. The third-order valence-corrected chi connectivity index (χ3v) is 4.75. The zero-order chi connectivity index (χ0) is 25.1. The van der Waals surface area contributed by atoms with Gasteiger partial charge < -0.3 is 37.3 Å². The first-order chi connectivity index (χ1) is 14.7. The van der Waals surface area contributed by atoms with E-state index in [0.29, 0.717) is 5.31 Å². The van der Waals surface area contributed by atoms with Crippen LogP contribution in [-0.2, 0) is 34.1 Å². The van der Waals surface area contributed by atoms with Gasteiger partial charge in [0.2, 0.25) is 29.5 Å². The van der Waals surface area contributed by atoms with Crippen molar-refractivity contribution in [1.82, 2.24) is 21.3 Å². The molecule has 0 unspecified atom stereocenters. The van der Waals surface area contributed by atoms with Crippen molar-refractivity contribution in [2.24, 2.45) is 11.5 Å². The van der Waals surface area contributed by atoms with Crippen LogP contribution in [0.2, 0.25) is 1.41 Å². The molecule has 0 aliphatic carbocycles. The maximum atomic E-state index is 12.2. The fraction of sp³-hybridized carbons (Fsp3) is 0.667. The number of carbonyl (C=O) groups excluding carboxylic acids is 5. The summed E-state index contributed by atoms with van der Waals surface area (Å²) >= 11 is 3.84. The minimum atomic E-state index is -4.48. The second kappa shape index (κ2) is 16.2. The van der Waals surface area contributed by atoms with Crippen LogP contribution in [0.4, 0.5) is 0 Å². The van der Waals surface area contributed by atoms with Gasteiger partial charge in [-0.25, -0.2) is 8.42 Å². The maximum absolute atomic E-state index is 12.2. The number of nitrogens with two attached hydrogens (primary N) is 2. The van der Waals surface area contributed by atoms with E-state index in [1.54, 1.807) is 0 Å².